The minimum absolute atomic E-state index is 0.231. The fraction of sp³-hybridized carbons (Fsp3) is 0.381. The van der Waals surface area contributed by atoms with Gasteiger partial charge < -0.3 is 18.9 Å². The third-order valence-electron chi connectivity index (χ3n) is 4.28. The van der Waals surface area contributed by atoms with E-state index in [1.54, 1.807) is 28.4 Å². The third-order valence-corrected chi connectivity index (χ3v) is 4.28. The smallest absolute Gasteiger partial charge is 0.160 e. The van der Waals surface area contributed by atoms with Gasteiger partial charge in [-0.3, -0.25) is 4.79 Å². The van der Waals surface area contributed by atoms with E-state index in [-0.39, 0.29) is 5.78 Å². The number of ether oxygens (including phenoxy) is 4. The average Bonchev–Trinajstić information content (AvgIpc) is 2.69. The van der Waals surface area contributed by atoms with Crippen LogP contribution in [0, 0.1) is 0 Å². The Balaban J connectivity index is 1.87. The molecule has 0 aliphatic heterocycles. The summed E-state index contributed by atoms with van der Waals surface area (Å²) in [5.74, 6) is 2.98. The predicted molar refractivity (Wildman–Crippen MR) is 101 cm³/mol. The van der Waals surface area contributed by atoms with Gasteiger partial charge >= 0.3 is 0 Å². The van der Waals surface area contributed by atoms with Gasteiger partial charge in [0.1, 0.15) is 5.78 Å². The highest BCUT2D eigenvalue weighted by molar-refractivity contribution is 5.79. The molecule has 0 saturated carbocycles. The van der Waals surface area contributed by atoms with E-state index < -0.39 is 0 Å². The summed E-state index contributed by atoms with van der Waals surface area (Å²) in [6.45, 7) is 0. The van der Waals surface area contributed by atoms with Crippen LogP contribution in [0.2, 0.25) is 0 Å². The fourth-order valence-corrected chi connectivity index (χ4v) is 2.76. The Morgan fingerprint density at radius 2 is 1.04 bits per heavy atom. The lowest BCUT2D eigenvalue weighted by atomic mass is 10.0. The van der Waals surface area contributed by atoms with Crippen molar-refractivity contribution in [3.8, 4) is 23.0 Å². The van der Waals surface area contributed by atoms with Crippen LogP contribution in [0.15, 0.2) is 36.4 Å². The lowest BCUT2D eigenvalue weighted by molar-refractivity contribution is -0.119. The van der Waals surface area contributed by atoms with Crippen LogP contribution in [0.5, 0.6) is 23.0 Å². The Bertz CT molecular complexity index is 678. The Kier molecular flexibility index (Phi) is 7.33. The van der Waals surface area contributed by atoms with Crippen molar-refractivity contribution in [3.63, 3.8) is 0 Å². The van der Waals surface area contributed by atoms with Crippen molar-refractivity contribution in [1.29, 1.82) is 0 Å². The van der Waals surface area contributed by atoms with Gasteiger partial charge in [-0.1, -0.05) is 12.1 Å². The molecule has 0 aliphatic carbocycles. The Morgan fingerprint density at radius 3 is 1.38 bits per heavy atom. The summed E-state index contributed by atoms with van der Waals surface area (Å²) >= 11 is 0. The van der Waals surface area contributed by atoms with Gasteiger partial charge in [0.2, 0.25) is 0 Å². The average molecular weight is 358 g/mol. The Morgan fingerprint density at radius 1 is 0.654 bits per heavy atom. The maximum atomic E-state index is 12.2. The highest BCUT2D eigenvalue weighted by atomic mass is 16.5. The summed E-state index contributed by atoms with van der Waals surface area (Å²) in [4.78, 5) is 12.2. The number of carbonyl (C=O) groups excluding carboxylic acids is 1. The van der Waals surface area contributed by atoms with Gasteiger partial charge in [-0.2, -0.15) is 0 Å². The van der Waals surface area contributed by atoms with Crippen molar-refractivity contribution in [3.05, 3.63) is 47.5 Å². The molecule has 2 aromatic carbocycles. The number of carbonyl (C=O) groups is 1. The van der Waals surface area contributed by atoms with Crippen molar-refractivity contribution < 1.29 is 23.7 Å². The highest BCUT2D eigenvalue weighted by Crippen LogP contribution is 2.29. The van der Waals surface area contributed by atoms with E-state index in [2.05, 4.69) is 0 Å². The van der Waals surface area contributed by atoms with Crippen LogP contribution >= 0.6 is 0 Å². The molecular formula is C21H26O5. The van der Waals surface area contributed by atoms with Crippen molar-refractivity contribution in [2.24, 2.45) is 0 Å². The van der Waals surface area contributed by atoms with E-state index >= 15 is 0 Å². The molecule has 2 aromatic rings. The van der Waals surface area contributed by atoms with E-state index in [9.17, 15) is 4.79 Å². The van der Waals surface area contributed by atoms with Crippen LogP contribution in [0.3, 0.4) is 0 Å². The summed E-state index contributed by atoms with van der Waals surface area (Å²) in [6.07, 6.45) is 2.38. The van der Waals surface area contributed by atoms with Gasteiger partial charge in [-0.05, 0) is 48.2 Å². The van der Waals surface area contributed by atoms with Crippen molar-refractivity contribution >= 4 is 5.78 Å². The van der Waals surface area contributed by atoms with E-state index in [1.807, 2.05) is 36.4 Å². The van der Waals surface area contributed by atoms with Crippen molar-refractivity contribution in [1.82, 2.24) is 0 Å². The first kappa shape index (κ1) is 19.6. The molecule has 0 aromatic heterocycles. The number of hydrogen-bond acceptors (Lipinski definition) is 5. The maximum Gasteiger partial charge on any atom is 0.160 e. The Labute approximate surface area is 154 Å². The number of benzene rings is 2. The van der Waals surface area contributed by atoms with Crippen molar-refractivity contribution in [2.75, 3.05) is 28.4 Å². The second kappa shape index (κ2) is 9.70. The SMILES string of the molecule is COc1ccc(CCC(=O)CCc2ccc(OC)c(OC)c2)cc1OC. The molecule has 5 heteroatoms. The fourth-order valence-electron chi connectivity index (χ4n) is 2.76. The summed E-state index contributed by atoms with van der Waals surface area (Å²) in [5.41, 5.74) is 2.12. The summed E-state index contributed by atoms with van der Waals surface area (Å²) < 4.78 is 21.1. The zero-order valence-electron chi connectivity index (χ0n) is 15.8. The summed E-state index contributed by atoms with van der Waals surface area (Å²) in [6, 6.07) is 11.5. The second-order valence-electron chi connectivity index (χ2n) is 5.92. The molecule has 0 bridgehead atoms. The largest absolute Gasteiger partial charge is 0.493 e. The van der Waals surface area contributed by atoms with Gasteiger partial charge in [0.05, 0.1) is 28.4 Å². The van der Waals surface area contributed by atoms with E-state index in [0.717, 1.165) is 11.1 Å². The monoisotopic (exact) mass is 358 g/mol. The van der Waals surface area contributed by atoms with Crippen LogP contribution in [0.25, 0.3) is 0 Å². The first-order chi connectivity index (χ1) is 12.6. The molecule has 2 rings (SSSR count). The molecule has 0 atom stereocenters. The molecule has 0 unspecified atom stereocenters. The minimum atomic E-state index is 0.231. The normalized spacial score (nSPS) is 10.3. The van der Waals surface area contributed by atoms with Crippen LogP contribution < -0.4 is 18.9 Å². The molecule has 5 nitrogen and oxygen atoms in total. The number of ketones is 1. The molecule has 0 fully saturated rings. The second-order valence-corrected chi connectivity index (χ2v) is 5.92. The van der Waals surface area contributed by atoms with Gasteiger partial charge in [0.25, 0.3) is 0 Å². The summed E-state index contributed by atoms with van der Waals surface area (Å²) in [7, 11) is 6.43. The minimum Gasteiger partial charge on any atom is -0.493 e. The predicted octanol–water partition coefficient (Wildman–Crippen LogP) is 3.86. The van der Waals surface area contributed by atoms with Gasteiger partial charge in [-0.25, -0.2) is 0 Å². The van der Waals surface area contributed by atoms with E-state index in [1.165, 1.54) is 0 Å². The molecule has 0 heterocycles. The van der Waals surface area contributed by atoms with Crippen LogP contribution in [0.1, 0.15) is 24.0 Å². The van der Waals surface area contributed by atoms with Crippen LogP contribution in [0.4, 0.5) is 0 Å². The molecule has 0 saturated heterocycles. The molecule has 0 aliphatic rings. The van der Waals surface area contributed by atoms with E-state index in [4.69, 9.17) is 18.9 Å². The number of rotatable bonds is 10. The highest BCUT2D eigenvalue weighted by Gasteiger charge is 2.09. The lowest BCUT2D eigenvalue weighted by Crippen LogP contribution is -2.03. The summed E-state index contributed by atoms with van der Waals surface area (Å²) in [5, 5.41) is 0. The van der Waals surface area contributed by atoms with Gasteiger partial charge in [0.15, 0.2) is 23.0 Å². The third kappa shape index (κ3) is 5.15. The molecule has 0 radical (unpaired) electrons. The first-order valence-electron chi connectivity index (χ1n) is 8.54. The van der Waals surface area contributed by atoms with E-state index in [0.29, 0.717) is 48.7 Å². The maximum absolute atomic E-state index is 12.2. The van der Waals surface area contributed by atoms with Crippen LogP contribution in [-0.2, 0) is 17.6 Å². The molecule has 0 spiro atoms. The molecule has 0 N–H and O–H groups in total. The van der Waals surface area contributed by atoms with Gasteiger partial charge in [-0.15, -0.1) is 0 Å². The van der Waals surface area contributed by atoms with Gasteiger partial charge in [0, 0.05) is 12.8 Å². The molecule has 0 amide bonds. The lowest BCUT2D eigenvalue weighted by Gasteiger charge is -2.10. The molecular weight excluding hydrogens is 332 g/mol. The molecule has 26 heavy (non-hydrogen) atoms. The molecule has 140 valence electrons. The quantitative estimate of drug-likeness (QED) is 0.646. The number of aryl methyl sites for hydroxylation is 2. The van der Waals surface area contributed by atoms with Crippen LogP contribution in [-0.4, -0.2) is 34.2 Å². The van der Waals surface area contributed by atoms with Crippen molar-refractivity contribution in [2.45, 2.75) is 25.7 Å². The Hall–Kier alpha value is -2.69. The number of methoxy groups -OCH3 is 4. The zero-order valence-corrected chi connectivity index (χ0v) is 15.8. The standard InChI is InChI=1S/C21H26O5/c1-23-18-11-7-15(13-20(18)25-3)5-9-17(22)10-6-16-8-12-19(24-2)21(14-16)26-4/h7-8,11-14H,5-6,9-10H2,1-4H3. The number of Topliss-reactive ketones (excluding diaryl/α,β-unsaturated/α-hetero) is 1. The zero-order chi connectivity index (χ0) is 18.9. The number of hydrogen-bond donors (Lipinski definition) is 0. The topological polar surface area (TPSA) is 54.0 Å². The first-order valence-corrected chi connectivity index (χ1v) is 8.54.